The summed E-state index contributed by atoms with van der Waals surface area (Å²) >= 11 is 0. The largest absolute Gasteiger partial charge is 0.332 e. The van der Waals surface area contributed by atoms with Gasteiger partial charge in [0, 0.05) is 25.3 Å². The lowest BCUT2D eigenvalue weighted by Gasteiger charge is -2.27. The molecular formula is C13H24N4. The molecule has 96 valence electrons. The molecule has 1 aliphatic rings. The van der Waals surface area contributed by atoms with E-state index in [0.29, 0.717) is 0 Å². The van der Waals surface area contributed by atoms with E-state index in [9.17, 15) is 0 Å². The summed E-state index contributed by atoms with van der Waals surface area (Å²) in [7, 11) is 0. The first-order chi connectivity index (χ1) is 8.31. The Morgan fingerprint density at radius 2 is 2.06 bits per heavy atom. The van der Waals surface area contributed by atoms with Crippen LogP contribution in [0.4, 0.5) is 0 Å². The second-order valence-corrected chi connectivity index (χ2v) is 4.93. The monoisotopic (exact) mass is 236 g/mol. The summed E-state index contributed by atoms with van der Waals surface area (Å²) in [5.74, 6) is 0. The van der Waals surface area contributed by atoms with Gasteiger partial charge >= 0.3 is 0 Å². The molecule has 2 heterocycles. The van der Waals surface area contributed by atoms with Crippen LogP contribution >= 0.6 is 0 Å². The molecule has 1 saturated heterocycles. The van der Waals surface area contributed by atoms with E-state index in [0.717, 1.165) is 19.5 Å². The smallest absolute Gasteiger partial charge is 0.0949 e. The third kappa shape index (κ3) is 3.30. The molecule has 1 aliphatic heterocycles. The normalized spacial score (nSPS) is 19.4. The molecule has 4 heteroatoms. The molecule has 1 aromatic rings. The summed E-state index contributed by atoms with van der Waals surface area (Å²) in [6.45, 7) is 6.77. The second kappa shape index (κ2) is 6.17. The molecule has 4 nitrogen and oxygen atoms in total. The standard InChI is InChI=1S/C13H24N4/c1-2-12(14)13-10-15-11-17(13)9-8-16-6-4-3-5-7-16/h10-12H,2-9,14H2,1H3/t12-/m1/s1. The molecule has 0 radical (unpaired) electrons. The van der Waals surface area contributed by atoms with Crippen LogP contribution in [0.15, 0.2) is 12.5 Å². The fourth-order valence-corrected chi connectivity index (χ4v) is 2.47. The van der Waals surface area contributed by atoms with Crippen LogP contribution in [0.5, 0.6) is 0 Å². The summed E-state index contributed by atoms with van der Waals surface area (Å²) in [6, 6.07) is 0.124. The summed E-state index contributed by atoms with van der Waals surface area (Å²) in [5.41, 5.74) is 7.24. The Morgan fingerprint density at radius 3 is 2.76 bits per heavy atom. The van der Waals surface area contributed by atoms with Crippen molar-refractivity contribution in [2.75, 3.05) is 19.6 Å². The van der Waals surface area contributed by atoms with Crippen LogP contribution in [-0.2, 0) is 6.54 Å². The number of rotatable bonds is 5. The van der Waals surface area contributed by atoms with Gasteiger partial charge < -0.3 is 15.2 Å². The van der Waals surface area contributed by atoms with Crippen molar-refractivity contribution in [2.24, 2.45) is 5.73 Å². The van der Waals surface area contributed by atoms with E-state index in [1.165, 1.54) is 38.0 Å². The SMILES string of the molecule is CC[C@@H](N)c1cncn1CCN1CCCCC1. The lowest BCUT2D eigenvalue weighted by atomic mass is 10.1. The van der Waals surface area contributed by atoms with Crippen LogP contribution in [0.25, 0.3) is 0 Å². The Morgan fingerprint density at radius 1 is 1.29 bits per heavy atom. The minimum atomic E-state index is 0.124. The number of likely N-dealkylation sites (tertiary alicyclic amines) is 1. The molecule has 1 fully saturated rings. The van der Waals surface area contributed by atoms with Gasteiger partial charge in [0.25, 0.3) is 0 Å². The molecule has 2 rings (SSSR count). The van der Waals surface area contributed by atoms with Crippen molar-refractivity contribution in [3.05, 3.63) is 18.2 Å². The van der Waals surface area contributed by atoms with Crippen molar-refractivity contribution in [3.8, 4) is 0 Å². The van der Waals surface area contributed by atoms with Gasteiger partial charge in [0.05, 0.1) is 12.0 Å². The highest BCUT2D eigenvalue weighted by molar-refractivity contribution is 5.04. The van der Waals surface area contributed by atoms with E-state index in [-0.39, 0.29) is 6.04 Å². The van der Waals surface area contributed by atoms with Crippen LogP contribution in [-0.4, -0.2) is 34.1 Å². The molecule has 0 aromatic carbocycles. The predicted molar refractivity (Wildman–Crippen MR) is 69.7 cm³/mol. The Bertz CT molecular complexity index is 328. The molecule has 0 spiro atoms. The Hall–Kier alpha value is -0.870. The van der Waals surface area contributed by atoms with E-state index in [4.69, 9.17) is 5.73 Å². The Labute approximate surface area is 104 Å². The molecular weight excluding hydrogens is 212 g/mol. The zero-order valence-corrected chi connectivity index (χ0v) is 10.8. The number of hydrogen-bond acceptors (Lipinski definition) is 3. The summed E-state index contributed by atoms with van der Waals surface area (Å²) < 4.78 is 2.21. The molecule has 2 N–H and O–H groups in total. The predicted octanol–water partition coefficient (Wildman–Crippen LogP) is 1.78. The van der Waals surface area contributed by atoms with Gasteiger partial charge in [-0.05, 0) is 32.4 Å². The minimum Gasteiger partial charge on any atom is -0.332 e. The lowest BCUT2D eigenvalue weighted by molar-refractivity contribution is 0.219. The number of nitrogens with zero attached hydrogens (tertiary/aromatic N) is 3. The summed E-state index contributed by atoms with van der Waals surface area (Å²) in [6.07, 6.45) is 8.89. The average molecular weight is 236 g/mol. The van der Waals surface area contributed by atoms with Gasteiger partial charge in [-0.1, -0.05) is 13.3 Å². The van der Waals surface area contributed by atoms with E-state index >= 15 is 0 Å². The van der Waals surface area contributed by atoms with E-state index < -0.39 is 0 Å². The first-order valence-corrected chi connectivity index (χ1v) is 6.79. The molecule has 1 atom stereocenters. The zero-order chi connectivity index (χ0) is 12.1. The average Bonchev–Trinajstić information content (AvgIpc) is 2.85. The lowest BCUT2D eigenvalue weighted by Crippen LogP contribution is -2.33. The van der Waals surface area contributed by atoms with Crippen LogP contribution < -0.4 is 5.73 Å². The number of piperidine rings is 1. The minimum absolute atomic E-state index is 0.124. The highest BCUT2D eigenvalue weighted by atomic mass is 15.2. The van der Waals surface area contributed by atoms with Gasteiger partial charge in [0.15, 0.2) is 0 Å². The quantitative estimate of drug-likeness (QED) is 0.847. The molecule has 1 aromatic heterocycles. The number of nitrogens with two attached hydrogens (primary N) is 1. The van der Waals surface area contributed by atoms with Gasteiger partial charge in [0.2, 0.25) is 0 Å². The summed E-state index contributed by atoms with van der Waals surface area (Å²) in [4.78, 5) is 6.77. The van der Waals surface area contributed by atoms with Crippen molar-refractivity contribution in [1.82, 2.24) is 14.5 Å². The van der Waals surface area contributed by atoms with Gasteiger partial charge in [-0.25, -0.2) is 4.98 Å². The molecule has 0 aliphatic carbocycles. The first kappa shape index (κ1) is 12.6. The van der Waals surface area contributed by atoms with Gasteiger partial charge in [0.1, 0.15) is 0 Å². The topological polar surface area (TPSA) is 47.1 Å². The fraction of sp³-hybridized carbons (Fsp3) is 0.769. The van der Waals surface area contributed by atoms with E-state index in [2.05, 4.69) is 21.4 Å². The molecule has 0 amide bonds. The van der Waals surface area contributed by atoms with Gasteiger partial charge in [-0.3, -0.25) is 0 Å². The maximum absolute atomic E-state index is 6.07. The van der Waals surface area contributed by atoms with E-state index in [1.54, 1.807) is 0 Å². The fourth-order valence-electron chi connectivity index (χ4n) is 2.47. The van der Waals surface area contributed by atoms with Crippen molar-refractivity contribution >= 4 is 0 Å². The Kier molecular flexibility index (Phi) is 4.57. The third-order valence-electron chi connectivity index (χ3n) is 3.67. The van der Waals surface area contributed by atoms with Crippen molar-refractivity contribution < 1.29 is 0 Å². The van der Waals surface area contributed by atoms with Crippen LogP contribution in [0.1, 0.15) is 44.3 Å². The number of aromatic nitrogens is 2. The first-order valence-electron chi connectivity index (χ1n) is 6.79. The van der Waals surface area contributed by atoms with Crippen molar-refractivity contribution in [3.63, 3.8) is 0 Å². The molecule has 0 bridgehead atoms. The molecule has 0 saturated carbocycles. The number of hydrogen-bond donors (Lipinski definition) is 1. The van der Waals surface area contributed by atoms with Crippen molar-refractivity contribution in [1.29, 1.82) is 0 Å². The van der Waals surface area contributed by atoms with Gasteiger partial charge in [-0.15, -0.1) is 0 Å². The maximum Gasteiger partial charge on any atom is 0.0949 e. The van der Waals surface area contributed by atoms with Gasteiger partial charge in [-0.2, -0.15) is 0 Å². The highest BCUT2D eigenvalue weighted by Gasteiger charge is 2.12. The zero-order valence-electron chi connectivity index (χ0n) is 10.8. The molecule has 0 unspecified atom stereocenters. The number of imidazole rings is 1. The third-order valence-corrected chi connectivity index (χ3v) is 3.67. The summed E-state index contributed by atoms with van der Waals surface area (Å²) in [5, 5.41) is 0. The van der Waals surface area contributed by atoms with E-state index in [1.807, 2.05) is 12.5 Å². The molecule has 17 heavy (non-hydrogen) atoms. The van der Waals surface area contributed by atoms with Crippen molar-refractivity contribution in [2.45, 2.75) is 45.2 Å². The van der Waals surface area contributed by atoms with Crippen LogP contribution in [0, 0.1) is 0 Å². The Balaban J connectivity index is 1.87. The van der Waals surface area contributed by atoms with Crippen LogP contribution in [0.3, 0.4) is 0 Å². The highest BCUT2D eigenvalue weighted by Crippen LogP contribution is 2.14. The second-order valence-electron chi connectivity index (χ2n) is 4.93. The maximum atomic E-state index is 6.07. The van der Waals surface area contributed by atoms with Crippen LogP contribution in [0.2, 0.25) is 0 Å².